The maximum absolute atomic E-state index is 12.0. The van der Waals surface area contributed by atoms with Crippen molar-refractivity contribution in [3.05, 3.63) is 58.8 Å². The zero-order valence-electron chi connectivity index (χ0n) is 20.4. The molecule has 1 aromatic carbocycles. The Balaban J connectivity index is 1.45. The molecule has 1 aliphatic heterocycles. The molecule has 0 spiro atoms. The summed E-state index contributed by atoms with van der Waals surface area (Å²) in [5.74, 6) is 1.77. The SMILES string of the molecule is CN1Cc2cc(Nc3ncc(C#N)c(Nc4cccc(N=S(C)(C)=O)n4)n3)cc3c2C(CCC3O)C1. The van der Waals surface area contributed by atoms with Gasteiger partial charge in [-0.1, -0.05) is 6.07 Å². The summed E-state index contributed by atoms with van der Waals surface area (Å²) in [6.07, 6.45) is 5.77. The molecule has 0 saturated carbocycles. The van der Waals surface area contributed by atoms with Crippen LogP contribution in [-0.4, -0.2) is 55.3 Å². The summed E-state index contributed by atoms with van der Waals surface area (Å²) < 4.78 is 16.1. The number of hydrogen-bond acceptors (Lipinski definition) is 10. The molecular formula is C25H28N8O2S. The number of hydrogen-bond donors (Lipinski definition) is 3. The molecule has 0 fully saturated rings. The second-order valence-electron chi connectivity index (χ2n) is 9.60. The zero-order valence-corrected chi connectivity index (χ0v) is 21.2. The van der Waals surface area contributed by atoms with Crippen molar-refractivity contribution in [2.45, 2.75) is 31.4 Å². The molecular weight excluding hydrogens is 476 g/mol. The molecule has 0 radical (unpaired) electrons. The number of aromatic nitrogens is 3. The first-order valence-electron chi connectivity index (χ1n) is 11.7. The van der Waals surface area contributed by atoms with Crippen molar-refractivity contribution in [3.63, 3.8) is 0 Å². The Labute approximate surface area is 210 Å². The molecule has 2 atom stereocenters. The lowest BCUT2D eigenvalue weighted by atomic mass is 9.76. The van der Waals surface area contributed by atoms with Crippen molar-refractivity contribution in [1.29, 1.82) is 5.26 Å². The Hall–Kier alpha value is -3.59. The number of anilines is 4. The Kier molecular flexibility index (Phi) is 6.34. The molecule has 0 amide bonds. The van der Waals surface area contributed by atoms with Crippen LogP contribution < -0.4 is 10.6 Å². The van der Waals surface area contributed by atoms with E-state index in [1.54, 1.807) is 18.2 Å². The third kappa shape index (κ3) is 5.16. The summed E-state index contributed by atoms with van der Waals surface area (Å²) in [5, 5.41) is 26.6. The minimum Gasteiger partial charge on any atom is -0.388 e. The molecule has 3 N–H and O–H groups in total. The zero-order chi connectivity index (χ0) is 25.4. The minimum absolute atomic E-state index is 0.250. The third-order valence-corrected chi connectivity index (χ3v) is 6.91. The van der Waals surface area contributed by atoms with Crippen LogP contribution >= 0.6 is 0 Å². The van der Waals surface area contributed by atoms with E-state index in [0.29, 0.717) is 23.5 Å². The number of aliphatic hydroxyl groups excluding tert-OH is 1. The second-order valence-corrected chi connectivity index (χ2v) is 12.1. The van der Waals surface area contributed by atoms with Gasteiger partial charge in [-0.15, -0.1) is 0 Å². The minimum atomic E-state index is -2.36. The van der Waals surface area contributed by atoms with Crippen LogP contribution in [0.5, 0.6) is 0 Å². The lowest BCUT2D eigenvalue weighted by molar-refractivity contribution is 0.139. The van der Waals surface area contributed by atoms with Crippen LogP contribution in [-0.2, 0) is 16.3 Å². The quantitative estimate of drug-likeness (QED) is 0.471. The maximum atomic E-state index is 12.0. The van der Waals surface area contributed by atoms with E-state index in [2.05, 4.69) is 54.0 Å². The Morgan fingerprint density at radius 2 is 2.06 bits per heavy atom. The van der Waals surface area contributed by atoms with Crippen LogP contribution in [0.15, 0.2) is 40.9 Å². The fourth-order valence-corrected chi connectivity index (χ4v) is 5.48. The van der Waals surface area contributed by atoms with Crippen LogP contribution in [0, 0.1) is 11.3 Å². The highest BCUT2D eigenvalue weighted by Crippen LogP contribution is 2.44. The lowest BCUT2D eigenvalue weighted by Crippen LogP contribution is -2.33. The monoisotopic (exact) mass is 504 g/mol. The molecule has 0 bridgehead atoms. The van der Waals surface area contributed by atoms with Crippen molar-refractivity contribution in [1.82, 2.24) is 19.9 Å². The van der Waals surface area contributed by atoms with Gasteiger partial charge in [0.15, 0.2) is 11.6 Å². The van der Waals surface area contributed by atoms with Gasteiger partial charge in [0.1, 0.15) is 17.5 Å². The average Bonchev–Trinajstić information content (AvgIpc) is 2.80. The molecule has 1 aliphatic carbocycles. The molecule has 5 rings (SSSR count). The highest BCUT2D eigenvalue weighted by molar-refractivity contribution is 7.92. The standard InChI is InChI=1S/C25H28N8O2S/c1-33-13-15-7-8-20(34)19-10-18(9-16(14-33)23(15)19)28-25-27-12-17(11-26)24(31-25)30-21-5-4-6-22(29-21)32-36(2,3)35/h4-6,9-10,12,15,20,34H,7-8,13-14H2,1-3H3,(H2,27,28,29,30,31). The van der Waals surface area contributed by atoms with Crippen LogP contribution in [0.1, 0.15) is 47.1 Å². The summed E-state index contributed by atoms with van der Waals surface area (Å²) in [6.45, 7) is 1.82. The highest BCUT2D eigenvalue weighted by Gasteiger charge is 2.32. The molecule has 11 heteroatoms. The van der Waals surface area contributed by atoms with E-state index in [4.69, 9.17) is 0 Å². The number of benzene rings is 1. The van der Waals surface area contributed by atoms with Gasteiger partial charge < -0.3 is 20.6 Å². The van der Waals surface area contributed by atoms with Gasteiger partial charge in [-0.05, 0) is 66.8 Å². The van der Waals surface area contributed by atoms with Crippen molar-refractivity contribution in [2.24, 2.45) is 4.36 Å². The van der Waals surface area contributed by atoms with Gasteiger partial charge in [0.25, 0.3) is 0 Å². The molecule has 2 aliphatic rings. The van der Waals surface area contributed by atoms with E-state index in [0.717, 1.165) is 37.2 Å². The number of nitriles is 1. The second kappa shape index (κ2) is 9.46. The van der Waals surface area contributed by atoms with E-state index in [1.807, 2.05) is 6.07 Å². The lowest BCUT2D eigenvalue weighted by Gasteiger charge is -2.38. The van der Waals surface area contributed by atoms with Gasteiger partial charge in [-0.25, -0.2) is 14.2 Å². The van der Waals surface area contributed by atoms with Gasteiger partial charge in [0.05, 0.1) is 12.3 Å². The van der Waals surface area contributed by atoms with E-state index < -0.39 is 15.8 Å². The Morgan fingerprint density at radius 3 is 2.83 bits per heavy atom. The van der Waals surface area contributed by atoms with Crippen LogP contribution in [0.25, 0.3) is 0 Å². The predicted octanol–water partition coefficient (Wildman–Crippen LogP) is 3.95. The molecule has 36 heavy (non-hydrogen) atoms. The topological polar surface area (TPSA) is 139 Å². The first-order chi connectivity index (χ1) is 17.2. The summed E-state index contributed by atoms with van der Waals surface area (Å²) in [7, 11) is -0.248. The fourth-order valence-electron chi connectivity index (χ4n) is 4.93. The van der Waals surface area contributed by atoms with Gasteiger partial charge in [0.2, 0.25) is 5.95 Å². The van der Waals surface area contributed by atoms with Gasteiger partial charge in [0, 0.05) is 41.0 Å². The summed E-state index contributed by atoms with van der Waals surface area (Å²) in [6, 6.07) is 11.3. The summed E-state index contributed by atoms with van der Waals surface area (Å²) in [4.78, 5) is 15.5. The number of aliphatic hydroxyl groups is 1. The number of nitrogens with zero attached hydrogens (tertiary/aromatic N) is 6. The van der Waals surface area contributed by atoms with Crippen molar-refractivity contribution in [2.75, 3.05) is 36.7 Å². The van der Waals surface area contributed by atoms with E-state index >= 15 is 0 Å². The molecule has 0 saturated heterocycles. The first-order valence-corrected chi connectivity index (χ1v) is 14.0. The Morgan fingerprint density at radius 1 is 1.22 bits per heavy atom. The van der Waals surface area contributed by atoms with Crippen LogP contribution in [0.4, 0.5) is 29.1 Å². The van der Waals surface area contributed by atoms with Crippen LogP contribution in [0.3, 0.4) is 0 Å². The Bertz CT molecular complexity index is 1480. The number of pyridine rings is 1. The maximum Gasteiger partial charge on any atom is 0.229 e. The van der Waals surface area contributed by atoms with Crippen molar-refractivity contribution in [3.8, 4) is 6.07 Å². The fraction of sp³-hybridized carbons (Fsp3) is 0.360. The van der Waals surface area contributed by atoms with Gasteiger partial charge in [-0.2, -0.15) is 14.6 Å². The highest BCUT2D eigenvalue weighted by atomic mass is 32.2. The average molecular weight is 505 g/mol. The van der Waals surface area contributed by atoms with E-state index in [-0.39, 0.29) is 11.4 Å². The largest absolute Gasteiger partial charge is 0.388 e. The van der Waals surface area contributed by atoms with E-state index in [1.165, 1.54) is 29.8 Å². The van der Waals surface area contributed by atoms with Crippen molar-refractivity contribution >= 4 is 38.8 Å². The molecule has 3 aromatic rings. The first kappa shape index (κ1) is 24.1. The molecule has 3 heterocycles. The smallest absolute Gasteiger partial charge is 0.229 e. The molecule has 186 valence electrons. The molecule has 10 nitrogen and oxygen atoms in total. The summed E-state index contributed by atoms with van der Waals surface area (Å²) in [5.41, 5.74) is 4.49. The van der Waals surface area contributed by atoms with Gasteiger partial charge in [-0.3, -0.25) is 0 Å². The number of nitrogens with one attached hydrogen (secondary N) is 2. The number of rotatable bonds is 5. The van der Waals surface area contributed by atoms with E-state index in [9.17, 15) is 14.6 Å². The molecule has 2 unspecified atom stereocenters. The van der Waals surface area contributed by atoms with Crippen LogP contribution in [0.2, 0.25) is 0 Å². The normalized spacial score (nSPS) is 19.2. The molecule has 2 aromatic heterocycles. The predicted molar refractivity (Wildman–Crippen MR) is 139 cm³/mol. The summed E-state index contributed by atoms with van der Waals surface area (Å²) >= 11 is 0. The van der Waals surface area contributed by atoms with Gasteiger partial charge >= 0.3 is 0 Å². The third-order valence-electron chi connectivity index (χ3n) is 6.29. The number of likely N-dealkylation sites (N-methyl/N-ethyl adjacent to an activating group) is 1. The van der Waals surface area contributed by atoms with Crippen molar-refractivity contribution < 1.29 is 9.32 Å².